The van der Waals surface area contributed by atoms with Crippen LogP contribution in [0.4, 0.5) is 11.4 Å². The van der Waals surface area contributed by atoms with Crippen LogP contribution in [0.2, 0.25) is 0 Å². The van der Waals surface area contributed by atoms with Crippen molar-refractivity contribution in [3.63, 3.8) is 0 Å². The summed E-state index contributed by atoms with van der Waals surface area (Å²) in [6.45, 7) is 18.3. The Morgan fingerprint density at radius 1 is 0.465 bits per heavy atom. The average Bonchev–Trinajstić information content (AvgIpc) is 3.23. The van der Waals surface area contributed by atoms with Gasteiger partial charge in [-0.1, -0.05) is 128 Å². The first kappa shape index (κ1) is 30.9. The van der Waals surface area contributed by atoms with Gasteiger partial charge in [-0.15, -0.1) is 0 Å². The smallest absolute Gasteiger partial charge is 0.0714 e. The highest BCUT2D eigenvalue weighted by molar-refractivity contribution is 5.87. The summed E-state index contributed by atoms with van der Waals surface area (Å²) in [7, 11) is 0. The molecule has 0 saturated heterocycles. The van der Waals surface area contributed by atoms with Crippen LogP contribution in [-0.2, 0) is 31.1 Å². The number of nitrogen functional groups attached to an aromatic ring is 2. The molecule has 0 amide bonds. The highest BCUT2D eigenvalue weighted by Crippen LogP contribution is 2.57. The van der Waals surface area contributed by atoms with Gasteiger partial charge in [-0.05, 0) is 105 Å². The van der Waals surface area contributed by atoms with Crippen LogP contribution >= 0.6 is 0 Å². The number of rotatable bonds is 10. The van der Waals surface area contributed by atoms with E-state index in [2.05, 4.69) is 128 Å². The first-order chi connectivity index (χ1) is 20.4. The Kier molecular flexibility index (Phi) is 8.80. The fraction of sp³-hybridized carbons (Fsp3) is 0.415. The molecule has 1 aliphatic carbocycles. The van der Waals surface area contributed by atoms with Crippen molar-refractivity contribution < 1.29 is 0 Å². The van der Waals surface area contributed by atoms with Crippen LogP contribution in [0.5, 0.6) is 0 Å². The van der Waals surface area contributed by atoms with Gasteiger partial charge in [0.05, 0.1) is 5.41 Å². The molecule has 4 aromatic carbocycles. The summed E-state index contributed by atoms with van der Waals surface area (Å²) in [4.78, 5) is 0. The lowest BCUT2D eigenvalue weighted by Crippen LogP contribution is -2.30. The quantitative estimate of drug-likeness (QED) is 0.164. The van der Waals surface area contributed by atoms with Gasteiger partial charge < -0.3 is 11.5 Å². The van der Waals surface area contributed by atoms with Gasteiger partial charge in [0, 0.05) is 11.4 Å². The first-order valence-corrected chi connectivity index (χ1v) is 16.5. The monoisotopic (exact) mass is 572 g/mol. The maximum Gasteiger partial charge on any atom is 0.0714 e. The average molecular weight is 573 g/mol. The molecular formula is C41H52N2. The van der Waals surface area contributed by atoms with Gasteiger partial charge >= 0.3 is 0 Å². The SMILES string of the molecule is CC(C)Cc1cc(C2(c3cc(CC(C)C)c(N)c(CC(C)C)c3)c3ccccc3-c3ccccc32)cc(CC(C)C)c1N. The Labute approximate surface area is 260 Å². The summed E-state index contributed by atoms with van der Waals surface area (Å²) in [6, 6.07) is 27.9. The molecule has 0 bridgehead atoms. The first-order valence-electron chi connectivity index (χ1n) is 16.5. The molecule has 0 atom stereocenters. The molecule has 226 valence electrons. The van der Waals surface area contributed by atoms with Crippen molar-refractivity contribution in [3.05, 3.63) is 117 Å². The molecule has 4 aromatic rings. The molecule has 0 unspecified atom stereocenters. The minimum Gasteiger partial charge on any atom is -0.398 e. The Hall–Kier alpha value is -3.52. The lowest BCUT2D eigenvalue weighted by atomic mass is 9.66. The van der Waals surface area contributed by atoms with Crippen LogP contribution in [0.25, 0.3) is 11.1 Å². The van der Waals surface area contributed by atoms with E-state index in [-0.39, 0.29) is 0 Å². The fourth-order valence-corrected chi connectivity index (χ4v) is 7.45. The van der Waals surface area contributed by atoms with Crippen LogP contribution in [0.3, 0.4) is 0 Å². The van der Waals surface area contributed by atoms with Crippen molar-refractivity contribution in [2.45, 2.75) is 86.5 Å². The van der Waals surface area contributed by atoms with Gasteiger partial charge in [0.25, 0.3) is 0 Å². The Balaban J connectivity index is 1.95. The van der Waals surface area contributed by atoms with Crippen molar-refractivity contribution in [1.82, 2.24) is 0 Å². The lowest BCUT2D eigenvalue weighted by molar-refractivity contribution is 0.631. The number of anilines is 2. The van der Waals surface area contributed by atoms with Gasteiger partial charge in [-0.2, -0.15) is 0 Å². The number of nitrogens with two attached hydrogens (primary N) is 2. The predicted octanol–water partition coefficient (Wildman–Crippen LogP) is 10.0. The zero-order valence-electron chi connectivity index (χ0n) is 27.7. The van der Waals surface area contributed by atoms with E-state index in [0.29, 0.717) is 23.7 Å². The minimum absolute atomic E-state index is 0.469. The number of hydrogen-bond acceptors (Lipinski definition) is 2. The third kappa shape index (κ3) is 5.74. The molecule has 0 aromatic heterocycles. The standard InChI is InChI=1S/C41H52N2/c1-25(2)17-29-21-33(22-30(39(29)42)18-26(3)4)41(37-15-11-9-13-35(37)36-14-10-12-16-38(36)41)34-23-31(19-27(5)6)40(43)32(24-34)20-28(7)8/h9-16,21-28H,17-20,42-43H2,1-8H3. The van der Waals surface area contributed by atoms with Crippen molar-refractivity contribution in [2.75, 3.05) is 11.5 Å². The Morgan fingerprint density at radius 2 is 0.744 bits per heavy atom. The second-order valence-electron chi connectivity index (χ2n) is 14.6. The van der Waals surface area contributed by atoms with Crippen LogP contribution in [0.1, 0.15) is 99.9 Å². The van der Waals surface area contributed by atoms with E-state index in [1.165, 1.54) is 55.6 Å². The van der Waals surface area contributed by atoms with Gasteiger partial charge in [0.15, 0.2) is 0 Å². The van der Waals surface area contributed by atoms with Crippen LogP contribution < -0.4 is 11.5 Å². The van der Waals surface area contributed by atoms with E-state index in [0.717, 1.165) is 37.1 Å². The van der Waals surface area contributed by atoms with E-state index in [1.807, 2.05) is 0 Å². The van der Waals surface area contributed by atoms with Crippen LogP contribution in [0, 0.1) is 23.7 Å². The normalized spacial score (nSPS) is 13.8. The highest BCUT2D eigenvalue weighted by Gasteiger charge is 2.46. The molecule has 43 heavy (non-hydrogen) atoms. The van der Waals surface area contributed by atoms with Gasteiger partial charge in [-0.3, -0.25) is 0 Å². The number of hydrogen-bond donors (Lipinski definition) is 2. The largest absolute Gasteiger partial charge is 0.398 e. The summed E-state index contributed by atoms with van der Waals surface area (Å²) in [5, 5.41) is 0. The minimum atomic E-state index is -0.469. The topological polar surface area (TPSA) is 52.0 Å². The second-order valence-corrected chi connectivity index (χ2v) is 14.6. The third-order valence-corrected chi connectivity index (χ3v) is 9.03. The van der Waals surface area contributed by atoms with Crippen molar-refractivity contribution in [1.29, 1.82) is 0 Å². The molecule has 4 N–H and O–H groups in total. The van der Waals surface area contributed by atoms with E-state index in [9.17, 15) is 0 Å². The molecule has 0 heterocycles. The molecule has 0 saturated carbocycles. The van der Waals surface area contributed by atoms with E-state index >= 15 is 0 Å². The van der Waals surface area contributed by atoms with Gasteiger partial charge in [0.1, 0.15) is 0 Å². The van der Waals surface area contributed by atoms with E-state index < -0.39 is 5.41 Å². The summed E-state index contributed by atoms with van der Waals surface area (Å²) in [6.07, 6.45) is 3.85. The van der Waals surface area contributed by atoms with Crippen LogP contribution in [-0.4, -0.2) is 0 Å². The maximum absolute atomic E-state index is 6.98. The summed E-state index contributed by atoms with van der Waals surface area (Å²) in [5.74, 6) is 2.04. The molecule has 0 aliphatic heterocycles. The number of benzene rings is 4. The Morgan fingerprint density at radius 3 is 1.02 bits per heavy atom. The molecule has 5 rings (SSSR count). The summed E-state index contributed by atoms with van der Waals surface area (Å²) < 4.78 is 0. The molecule has 0 radical (unpaired) electrons. The van der Waals surface area contributed by atoms with Crippen molar-refractivity contribution >= 4 is 11.4 Å². The highest BCUT2D eigenvalue weighted by atomic mass is 14.6. The summed E-state index contributed by atoms with van der Waals surface area (Å²) >= 11 is 0. The fourth-order valence-electron chi connectivity index (χ4n) is 7.45. The molecule has 2 nitrogen and oxygen atoms in total. The zero-order valence-corrected chi connectivity index (χ0v) is 27.7. The lowest BCUT2D eigenvalue weighted by Gasteiger charge is -2.36. The zero-order chi connectivity index (χ0) is 31.1. The molecule has 0 spiro atoms. The van der Waals surface area contributed by atoms with E-state index in [1.54, 1.807) is 0 Å². The van der Waals surface area contributed by atoms with Crippen molar-refractivity contribution in [3.8, 4) is 11.1 Å². The van der Waals surface area contributed by atoms with Gasteiger partial charge in [-0.25, -0.2) is 0 Å². The molecule has 2 heteroatoms. The van der Waals surface area contributed by atoms with Crippen LogP contribution in [0.15, 0.2) is 72.8 Å². The van der Waals surface area contributed by atoms with Gasteiger partial charge in [0.2, 0.25) is 0 Å². The molecular weight excluding hydrogens is 520 g/mol. The third-order valence-electron chi connectivity index (χ3n) is 9.03. The van der Waals surface area contributed by atoms with Crippen molar-refractivity contribution in [2.24, 2.45) is 23.7 Å². The van der Waals surface area contributed by atoms with E-state index in [4.69, 9.17) is 11.5 Å². The Bertz CT molecular complexity index is 1420. The second kappa shape index (κ2) is 12.2. The number of fused-ring (bicyclic) bond motifs is 3. The molecule has 1 aliphatic rings. The summed E-state index contributed by atoms with van der Waals surface area (Å²) in [5.41, 5.74) is 28.5. The molecule has 0 fully saturated rings. The maximum atomic E-state index is 6.98. The predicted molar refractivity (Wildman–Crippen MR) is 187 cm³/mol.